The smallest absolute Gasteiger partial charge is 0.123 e. The molecule has 0 aliphatic heterocycles. The van der Waals surface area contributed by atoms with E-state index in [2.05, 4.69) is 189 Å². The summed E-state index contributed by atoms with van der Waals surface area (Å²) in [6.07, 6.45) is 0. The number of likely N-dealkylation sites (N-methyl/N-ethyl adjacent to an activating group) is 1. The zero-order chi connectivity index (χ0) is 53.6. The van der Waals surface area contributed by atoms with Gasteiger partial charge in [0.2, 0.25) is 0 Å². The third kappa shape index (κ3) is 14.2. The summed E-state index contributed by atoms with van der Waals surface area (Å²) in [5.41, 5.74) is 7.03. The van der Waals surface area contributed by atoms with E-state index in [1.54, 1.807) is 0 Å². The number of fused-ring (bicyclic) bond motifs is 4. The van der Waals surface area contributed by atoms with E-state index in [4.69, 9.17) is 33.2 Å². The standard InChI is InChI=1S/C71H65NO7/c1-3-72(4-2)29-30-73-44-55-35-66(78-49-56-37-68(74-45-51-21-25-58-13-5-9-17-62(58)31-51)42-69(38-56)75-46-52-22-26-59-14-6-10-18-63(59)32-52)41-67(36-55)79-50-57-39-70(76-47-53-23-27-60-15-7-11-19-64(60)33-53)43-71(40-57)77-48-54-24-28-61-16-8-12-20-65(61)34-54/h5-28,31-43H,3-4,29-30,44-50H2,1-2H3. The van der Waals surface area contributed by atoms with Crippen molar-refractivity contribution in [1.29, 1.82) is 0 Å². The van der Waals surface area contributed by atoms with Crippen LogP contribution >= 0.6 is 0 Å². The maximum atomic E-state index is 6.68. The van der Waals surface area contributed by atoms with Crippen molar-refractivity contribution in [2.45, 2.75) is 60.1 Å². The van der Waals surface area contributed by atoms with E-state index < -0.39 is 0 Å². The predicted octanol–water partition coefficient (Wildman–Crippen LogP) is 16.6. The molecule has 8 nitrogen and oxygen atoms in total. The van der Waals surface area contributed by atoms with Crippen molar-refractivity contribution in [2.75, 3.05) is 26.2 Å². The van der Waals surface area contributed by atoms with Gasteiger partial charge in [0.1, 0.15) is 74.1 Å². The largest absolute Gasteiger partial charge is 0.489 e. The summed E-state index contributed by atoms with van der Waals surface area (Å²) in [5, 5.41) is 9.46. The molecule has 0 saturated carbocycles. The Bertz CT molecular complexity index is 3390. The fraction of sp³-hybridized carbons (Fsp3) is 0.183. The molecular weight excluding hydrogens is 979 g/mol. The van der Waals surface area contributed by atoms with Gasteiger partial charge in [0.05, 0.1) is 13.2 Å². The molecule has 0 amide bonds. The van der Waals surface area contributed by atoms with Gasteiger partial charge in [-0.3, -0.25) is 0 Å². The first-order valence-corrected chi connectivity index (χ1v) is 27.3. The van der Waals surface area contributed by atoms with Crippen molar-refractivity contribution in [3.05, 3.63) is 263 Å². The summed E-state index contributed by atoms with van der Waals surface area (Å²) in [6.45, 7) is 10.2. The Labute approximate surface area is 463 Å². The van der Waals surface area contributed by atoms with Gasteiger partial charge in [-0.15, -0.1) is 0 Å². The Balaban J connectivity index is 0.835. The van der Waals surface area contributed by atoms with Crippen LogP contribution in [0.15, 0.2) is 224 Å². The molecule has 0 bridgehead atoms. The van der Waals surface area contributed by atoms with E-state index in [0.29, 0.717) is 74.1 Å². The Morgan fingerprint density at radius 2 is 0.506 bits per heavy atom. The Hall–Kier alpha value is -8.82. The van der Waals surface area contributed by atoms with Crippen molar-refractivity contribution < 1.29 is 33.2 Å². The molecule has 0 unspecified atom stereocenters. The first-order chi connectivity index (χ1) is 38.9. The molecule has 0 heterocycles. The molecule has 11 aromatic rings. The maximum absolute atomic E-state index is 6.68. The molecule has 0 aliphatic rings. The zero-order valence-electron chi connectivity index (χ0n) is 44.9. The molecular formula is C71H65NO7. The van der Waals surface area contributed by atoms with E-state index in [1.807, 2.05) is 54.6 Å². The minimum Gasteiger partial charge on any atom is -0.489 e. The number of ether oxygens (including phenoxy) is 7. The second-order valence-corrected chi connectivity index (χ2v) is 20.0. The summed E-state index contributed by atoms with van der Waals surface area (Å²) in [5.74, 6) is 4.04. The minimum absolute atomic E-state index is 0.250. The molecule has 0 aromatic heterocycles. The fourth-order valence-corrected chi connectivity index (χ4v) is 9.88. The highest BCUT2D eigenvalue weighted by Crippen LogP contribution is 2.32. The number of rotatable bonds is 25. The van der Waals surface area contributed by atoms with E-state index in [1.165, 1.54) is 43.1 Å². The average molecular weight is 1040 g/mol. The van der Waals surface area contributed by atoms with Crippen LogP contribution in [0.5, 0.6) is 34.5 Å². The van der Waals surface area contributed by atoms with E-state index in [0.717, 1.165) is 58.6 Å². The van der Waals surface area contributed by atoms with Crippen molar-refractivity contribution in [3.63, 3.8) is 0 Å². The van der Waals surface area contributed by atoms with Gasteiger partial charge in [-0.05, 0) is 156 Å². The minimum atomic E-state index is 0.250. The lowest BCUT2D eigenvalue weighted by atomic mass is 10.1. The summed E-state index contributed by atoms with van der Waals surface area (Å²) in [4.78, 5) is 2.35. The van der Waals surface area contributed by atoms with Crippen LogP contribution in [0.1, 0.15) is 52.8 Å². The van der Waals surface area contributed by atoms with Crippen molar-refractivity contribution in [1.82, 2.24) is 4.90 Å². The number of nitrogens with zero attached hydrogens (tertiary/aromatic N) is 1. The van der Waals surface area contributed by atoms with Crippen LogP contribution in [-0.2, 0) is 51.0 Å². The number of hydrogen-bond donors (Lipinski definition) is 0. The van der Waals surface area contributed by atoms with Gasteiger partial charge in [0.25, 0.3) is 0 Å². The first kappa shape index (κ1) is 52.2. The molecule has 396 valence electrons. The van der Waals surface area contributed by atoms with Crippen LogP contribution in [0.3, 0.4) is 0 Å². The van der Waals surface area contributed by atoms with Crippen molar-refractivity contribution in [2.24, 2.45) is 0 Å². The molecule has 11 aromatic carbocycles. The van der Waals surface area contributed by atoms with Crippen LogP contribution < -0.4 is 28.4 Å². The van der Waals surface area contributed by atoms with Crippen molar-refractivity contribution in [3.8, 4) is 34.5 Å². The van der Waals surface area contributed by atoms with Crippen LogP contribution in [0, 0.1) is 0 Å². The second kappa shape index (κ2) is 25.6. The molecule has 0 aliphatic carbocycles. The third-order valence-electron chi connectivity index (χ3n) is 14.2. The van der Waals surface area contributed by atoms with Gasteiger partial charge in [-0.2, -0.15) is 0 Å². The monoisotopic (exact) mass is 1040 g/mol. The van der Waals surface area contributed by atoms with Crippen LogP contribution in [0.2, 0.25) is 0 Å². The Morgan fingerprint density at radius 3 is 0.785 bits per heavy atom. The van der Waals surface area contributed by atoms with E-state index in [9.17, 15) is 0 Å². The van der Waals surface area contributed by atoms with Gasteiger partial charge >= 0.3 is 0 Å². The second-order valence-electron chi connectivity index (χ2n) is 20.0. The molecule has 0 saturated heterocycles. The molecule has 0 radical (unpaired) electrons. The molecule has 0 fully saturated rings. The summed E-state index contributed by atoms with van der Waals surface area (Å²) in [6, 6.07) is 77.2. The summed E-state index contributed by atoms with van der Waals surface area (Å²) >= 11 is 0. The maximum Gasteiger partial charge on any atom is 0.123 e. The highest BCUT2D eigenvalue weighted by molar-refractivity contribution is 5.85. The van der Waals surface area contributed by atoms with Gasteiger partial charge in [-0.1, -0.05) is 159 Å². The number of benzene rings is 11. The highest BCUT2D eigenvalue weighted by Gasteiger charge is 2.13. The topological polar surface area (TPSA) is 67.9 Å². The summed E-state index contributed by atoms with van der Waals surface area (Å²) < 4.78 is 45.7. The van der Waals surface area contributed by atoms with Gasteiger partial charge in [0.15, 0.2) is 0 Å². The molecule has 11 rings (SSSR count). The van der Waals surface area contributed by atoms with Gasteiger partial charge < -0.3 is 38.1 Å². The molecule has 8 heteroatoms. The number of hydrogen-bond acceptors (Lipinski definition) is 8. The highest BCUT2D eigenvalue weighted by atomic mass is 16.5. The predicted molar refractivity (Wildman–Crippen MR) is 319 cm³/mol. The van der Waals surface area contributed by atoms with E-state index >= 15 is 0 Å². The first-order valence-electron chi connectivity index (χ1n) is 27.3. The zero-order valence-corrected chi connectivity index (χ0v) is 44.9. The van der Waals surface area contributed by atoms with Gasteiger partial charge in [-0.25, -0.2) is 0 Å². The normalized spacial score (nSPS) is 11.4. The van der Waals surface area contributed by atoms with E-state index in [-0.39, 0.29) is 13.2 Å². The van der Waals surface area contributed by atoms with Crippen LogP contribution in [0.4, 0.5) is 0 Å². The molecule has 0 N–H and O–H groups in total. The lowest BCUT2D eigenvalue weighted by Crippen LogP contribution is -2.26. The quantitative estimate of drug-likeness (QED) is 0.0525. The lowest BCUT2D eigenvalue weighted by Gasteiger charge is -2.18. The van der Waals surface area contributed by atoms with Crippen molar-refractivity contribution >= 4 is 43.1 Å². The Morgan fingerprint density at radius 1 is 0.253 bits per heavy atom. The third-order valence-corrected chi connectivity index (χ3v) is 14.2. The fourth-order valence-electron chi connectivity index (χ4n) is 9.88. The van der Waals surface area contributed by atoms with Crippen LogP contribution in [-0.4, -0.2) is 31.1 Å². The van der Waals surface area contributed by atoms with Gasteiger partial charge in [0, 0.05) is 24.7 Å². The molecule has 0 atom stereocenters. The van der Waals surface area contributed by atoms with Crippen LogP contribution in [0.25, 0.3) is 43.1 Å². The SMILES string of the molecule is CCN(CC)CCOCc1cc(OCc2cc(OCc3ccc4ccccc4c3)cc(OCc3ccc4ccccc4c3)c2)cc(OCc2cc(OCc3ccc4ccccc4c3)cc(OCc3ccc4ccccc4c3)c2)c1. The molecule has 79 heavy (non-hydrogen) atoms. The lowest BCUT2D eigenvalue weighted by molar-refractivity contribution is 0.0952. The average Bonchev–Trinajstić information content (AvgIpc) is 3.50. The Kier molecular flexibility index (Phi) is 16.9. The molecule has 0 spiro atoms. The summed E-state index contributed by atoms with van der Waals surface area (Å²) in [7, 11) is 0.